The predicted octanol–water partition coefficient (Wildman–Crippen LogP) is 1.01. The maximum atomic E-state index is 12.9. The molecule has 3 heterocycles. The van der Waals surface area contributed by atoms with Crippen molar-refractivity contribution in [3.8, 4) is 0 Å². The number of H-pyrrole nitrogens is 1. The Morgan fingerprint density at radius 3 is 2.81 bits per heavy atom. The van der Waals surface area contributed by atoms with Gasteiger partial charge in [-0.15, -0.1) is 0 Å². The normalized spacial score (nSPS) is 19.3. The summed E-state index contributed by atoms with van der Waals surface area (Å²) in [5.41, 5.74) is 2.21. The zero-order chi connectivity index (χ0) is 19.0. The summed E-state index contributed by atoms with van der Waals surface area (Å²) in [5, 5.41) is 0. The number of carbonyl (C=O) groups is 2. The van der Waals surface area contributed by atoms with Crippen LogP contribution in [0.3, 0.4) is 0 Å². The summed E-state index contributed by atoms with van der Waals surface area (Å²) < 4.78 is 0. The van der Waals surface area contributed by atoms with Crippen molar-refractivity contribution in [2.75, 3.05) is 13.1 Å². The Morgan fingerprint density at radius 2 is 2.04 bits per heavy atom. The Bertz CT molecular complexity index is 938. The minimum atomic E-state index is -0.347. The minimum Gasteiger partial charge on any atom is -0.338 e. The molecule has 1 atom stereocenters. The fourth-order valence-electron chi connectivity index (χ4n) is 3.89. The van der Waals surface area contributed by atoms with Gasteiger partial charge in [-0.25, -0.2) is 4.98 Å². The van der Waals surface area contributed by atoms with Crippen molar-refractivity contribution in [3.05, 3.63) is 63.3 Å². The Hall–Kier alpha value is -2.96. The number of nitrogens with zero attached hydrogens (tertiary/aromatic N) is 3. The van der Waals surface area contributed by atoms with E-state index in [9.17, 15) is 14.4 Å². The van der Waals surface area contributed by atoms with Crippen LogP contribution < -0.4 is 5.56 Å². The second-order valence-electron chi connectivity index (χ2n) is 7.25. The fourth-order valence-corrected chi connectivity index (χ4v) is 3.89. The molecule has 2 aliphatic heterocycles. The third kappa shape index (κ3) is 3.49. The van der Waals surface area contributed by atoms with Gasteiger partial charge in [-0.3, -0.25) is 14.4 Å². The van der Waals surface area contributed by atoms with Crippen molar-refractivity contribution in [3.63, 3.8) is 0 Å². The van der Waals surface area contributed by atoms with Gasteiger partial charge in [-0.1, -0.05) is 30.3 Å². The number of rotatable bonds is 3. The third-order valence-corrected chi connectivity index (χ3v) is 5.28. The average Bonchev–Trinajstić information content (AvgIpc) is 3.02. The smallest absolute Gasteiger partial charge is 0.256 e. The molecule has 1 unspecified atom stereocenters. The maximum absolute atomic E-state index is 12.9. The number of aromatic nitrogens is 2. The number of aromatic amines is 1. The molecule has 0 radical (unpaired) electrons. The molecule has 7 heteroatoms. The Labute approximate surface area is 157 Å². The molecule has 1 aromatic carbocycles. The summed E-state index contributed by atoms with van der Waals surface area (Å²) >= 11 is 0. The molecule has 2 aliphatic rings. The van der Waals surface area contributed by atoms with Gasteiger partial charge in [0, 0.05) is 32.5 Å². The van der Waals surface area contributed by atoms with E-state index in [1.54, 1.807) is 16.7 Å². The highest BCUT2D eigenvalue weighted by Gasteiger charge is 2.37. The van der Waals surface area contributed by atoms with Crippen LogP contribution in [0.2, 0.25) is 0 Å². The van der Waals surface area contributed by atoms with Crippen LogP contribution >= 0.6 is 0 Å². The summed E-state index contributed by atoms with van der Waals surface area (Å²) in [5.74, 6) is 0.200. The molecule has 1 saturated heterocycles. The lowest BCUT2D eigenvalue weighted by atomic mass is 10.0. The first-order valence-electron chi connectivity index (χ1n) is 9.20. The van der Waals surface area contributed by atoms with Gasteiger partial charge < -0.3 is 14.8 Å². The van der Waals surface area contributed by atoms with Crippen LogP contribution in [0.4, 0.5) is 0 Å². The monoisotopic (exact) mass is 366 g/mol. The van der Waals surface area contributed by atoms with Crippen molar-refractivity contribution in [2.45, 2.75) is 32.9 Å². The number of hydrogen-bond donors (Lipinski definition) is 1. The van der Waals surface area contributed by atoms with Crippen LogP contribution in [-0.4, -0.2) is 44.7 Å². The molecular weight excluding hydrogens is 344 g/mol. The van der Waals surface area contributed by atoms with E-state index in [-0.39, 0.29) is 36.3 Å². The van der Waals surface area contributed by atoms with Crippen molar-refractivity contribution in [1.82, 2.24) is 19.8 Å². The molecule has 140 valence electrons. The van der Waals surface area contributed by atoms with Crippen LogP contribution in [0.25, 0.3) is 0 Å². The number of carbonyl (C=O) groups excluding carboxylic acids is 2. The van der Waals surface area contributed by atoms with Gasteiger partial charge in [0.15, 0.2) is 0 Å². The highest BCUT2D eigenvalue weighted by atomic mass is 16.2. The van der Waals surface area contributed by atoms with Gasteiger partial charge in [-0.2, -0.15) is 0 Å². The van der Waals surface area contributed by atoms with E-state index in [1.807, 2.05) is 30.3 Å². The second kappa shape index (κ2) is 6.98. The van der Waals surface area contributed by atoms with Crippen LogP contribution in [0.1, 0.15) is 29.1 Å². The first-order valence-corrected chi connectivity index (χ1v) is 9.20. The molecule has 1 fully saturated rings. The van der Waals surface area contributed by atoms with Gasteiger partial charge in [0.05, 0.1) is 23.7 Å². The number of fused-ring (bicyclic) bond motifs is 1. The van der Waals surface area contributed by atoms with E-state index in [0.717, 1.165) is 11.3 Å². The van der Waals surface area contributed by atoms with E-state index in [0.29, 0.717) is 37.4 Å². The Morgan fingerprint density at radius 1 is 1.26 bits per heavy atom. The molecule has 7 nitrogen and oxygen atoms in total. The van der Waals surface area contributed by atoms with Crippen molar-refractivity contribution in [1.29, 1.82) is 0 Å². The van der Waals surface area contributed by atoms with E-state index >= 15 is 0 Å². The van der Waals surface area contributed by atoms with E-state index in [4.69, 9.17) is 0 Å². The van der Waals surface area contributed by atoms with Gasteiger partial charge in [0.2, 0.25) is 11.8 Å². The van der Waals surface area contributed by atoms with Gasteiger partial charge >= 0.3 is 0 Å². The highest BCUT2D eigenvalue weighted by Crippen LogP contribution is 2.24. The fraction of sp³-hybridized carbons (Fsp3) is 0.400. The molecule has 1 aromatic heterocycles. The Balaban J connectivity index is 1.44. The number of aryl methyl sites for hydroxylation is 1. The van der Waals surface area contributed by atoms with Gasteiger partial charge in [-0.05, 0) is 12.5 Å². The van der Waals surface area contributed by atoms with Gasteiger partial charge in [0.25, 0.3) is 5.56 Å². The summed E-state index contributed by atoms with van der Waals surface area (Å²) in [6, 6.07) is 9.78. The summed E-state index contributed by atoms with van der Waals surface area (Å²) in [7, 11) is 0. The lowest BCUT2D eigenvalue weighted by molar-refractivity contribution is -0.136. The van der Waals surface area contributed by atoms with Crippen molar-refractivity contribution >= 4 is 11.8 Å². The number of hydrogen-bond acceptors (Lipinski definition) is 4. The number of amides is 2. The van der Waals surface area contributed by atoms with Gasteiger partial charge in [0.1, 0.15) is 5.82 Å². The standard InChI is InChI=1S/C20H22N4O3/c1-13-21-17-7-8-23(12-16(17)19(26)22-13)20(27)15-9-18(25)24(11-15)10-14-5-3-2-4-6-14/h2-6,15H,7-12H2,1H3,(H,21,22,26). The quantitative estimate of drug-likeness (QED) is 0.878. The average molecular weight is 366 g/mol. The molecule has 4 rings (SSSR count). The lowest BCUT2D eigenvalue weighted by Gasteiger charge is -2.29. The van der Waals surface area contributed by atoms with Crippen molar-refractivity contribution in [2.24, 2.45) is 5.92 Å². The molecule has 0 spiro atoms. The largest absolute Gasteiger partial charge is 0.338 e. The number of likely N-dealkylation sites (tertiary alicyclic amines) is 1. The lowest BCUT2D eigenvalue weighted by Crippen LogP contribution is -2.43. The van der Waals surface area contributed by atoms with Crippen LogP contribution in [0.5, 0.6) is 0 Å². The van der Waals surface area contributed by atoms with E-state index < -0.39 is 0 Å². The molecule has 27 heavy (non-hydrogen) atoms. The molecule has 0 saturated carbocycles. The summed E-state index contributed by atoms with van der Waals surface area (Å²) in [6.45, 7) is 3.50. The van der Waals surface area contributed by atoms with Crippen molar-refractivity contribution < 1.29 is 9.59 Å². The topological polar surface area (TPSA) is 86.4 Å². The minimum absolute atomic E-state index is 0.00440. The first-order chi connectivity index (χ1) is 13.0. The van der Waals surface area contributed by atoms with E-state index in [2.05, 4.69) is 9.97 Å². The van der Waals surface area contributed by atoms with Crippen LogP contribution in [0, 0.1) is 12.8 Å². The summed E-state index contributed by atoms with van der Waals surface area (Å²) in [6.07, 6.45) is 0.803. The first kappa shape index (κ1) is 17.5. The second-order valence-corrected chi connectivity index (χ2v) is 7.25. The predicted molar refractivity (Wildman–Crippen MR) is 98.7 cm³/mol. The number of benzene rings is 1. The highest BCUT2D eigenvalue weighted by molar-refractivity contribution is 5.89. The molecular formula is C20H22N4O3. The molecule has 2 amide bonds. The Kier molecular flexibility index (Phi) is 4.51. The van der Waals surface area contributed by atoms with Crippen LogP contribution in [0.15, 0.2) is 35.1 Å². The SMILES string of the molecule is Cc1nc2c(c(=O)[nH]1)CN(C(=O)C1CC(=O)N(Cc3ccccc3)C1)CC2. The molecule has 1 N–H and O–H groups in total. The van der Waals surface area contributed by atoms with Crippen LogP contribution in [-0.2, 0) is 29.1 Å². The summed E-state index contributed by atoms with van der Waals surface area (Å²) in [4.78, 5) is 48.0. The number of nitrogens with one attached hydrogen (secondary N) is 1. The zero-order valence-corrected chi connectivity index (χ0v) is 15.3. The zero-order valence-electron chi connectivity index (χ0n) is 15.3. The van der Waals surface area contributed by atoms with E-state index in [1.165, 1.54) is 0 Å². The third-order valence-electron chi connectivity index (χ3n) is 5.28. The molecule has 0 aliphatic carbocycles. The molecule has 2 aromatic rings. The molecule has 0 bridgehead atoms. The maximum Gasteiger partial charge on any atom is 0.256 e.